The molecule has 0 spiro atoms. The number of aliphatic imine (C=N–C) groups is 1. The van der Waals surface area contributed by atoms with E-state index in [4.69, 9.17) is 0 Å². The van der Waals surface area contributed by atoms with Crippen LogP contribution in [0.15, 0.2) is 59.2 Å². The van der Waals surface area contributed by atoms with E-state index in [2.05, 4.69) is 4.99 Å². The van der Waals surface area contributed by atoms with Crippen molar-refractivity contribution in [2.45, 2.75) is 33.3 Å². The second-order valence-corrected chi connectivity index (χ2v) is 3.91. The standard InChI is InChI=1S/C14H15NO.C2H6/c1-11(10-13-8-5-9-15-13)14(16)12-6-3-2-4-7-12;1-2/h2-7,9-10,14,16H,8H2,1H3;1-2H3/b11-10+;. The molecule has 0 bridgehead atoms. The van der Waals surface area contributed by atoms with Gasteiger partial charge in [0.1, 0.15) is 6.10 Å². The first-order valence-corrected chi connectivity index (χ1v) is 6.40. The summed E-state index contributed by atoms with van der Waals surface area (Å²) in [6.07, 6.45) is 6.09. The molecule has 0 aromatic heterocycles. The van der Waals surface area contributed by atoms with Crippen molar-refractivity contribution in [1.82, 2.24) is 0 Å². The molecule has 1 unspecified atom stereocenters. The third kappa shape index (κ3) is 3.97. The van der Waals surface area contributed by atoms with Crippen molar-refractivity contribution >= 4 is 5.71 Å². The summed E-state index contributed by atoms with van der Waals surface area (Å²) in [4.78, 5) is 4.20. The summed E-state index contributed by atoms with van der Waals surface area (Å²) in [6.45, 7) is 5.93. The summed E-state index contributed by atoms with van der Waals surface area (Å²) in [6, 6.07) is 9.66. The minimum absolute atomic E-state index is 0.538. The van der Waals surface area contributed by atoms with E-state index < -0.39 is 6.10 Å². The number of hydrogen-bond donors (Lipinski definition) is 1. The van der Waals surface area contributed by atoms with Crippen LogP contribution in [-0.4, -0.2) is 10.8 Å². The lowest BCUT2D eigenvalue weighted by molar-refractivity contribution is 0.216. The summed E-state index contributed by atoms with van der Waals surface area (Å²) in [5.41, 5.74) is 2.85. The zero-order valence-corrected chi connectivity index (χ0v) is 11.3. The Balaban J connectivity index is 0.000000771. The monoisotopic (exact) mass is 243 g/mol. The van der Waals surface area contributed by atoms with Crippen LogP contribution in [0.3, 0.4) is 0 Å². The number of allylic oxidation sites excluding steroid dienone is 2. The van der Waals surface area contributed by atoms with E-state index >= 15 is 0 Å². The van der Waals surface area contributed by atoms with Gasteiger partial charge in [-0.3, -0.25) is 4.99 Å². The molecule has 1 heterocycles. The maximum atomic E-state index is 10.1. The van der Waals surface area contributed by atoms with E-state index in [0.29, 0.717) is 0 Å². The van der Waals surface area contributed by atoms with Crippen molar-refractivity contribution in [3.05, 3.63) is 59.8 Å². The Morgan fingerprint density at radius 2 is 1.94 bits per heavy atom. The largest absolute Gasteiger partial charge is 0.384 e. The average Bonchev–Trinajstić information content (AvgIpc) is 2.94. The van der Waals surface area contributed by atoms with Crippen molar-refractivity contribution in [2.75, 3.05) is 0 Å². The van der Waals surface area contributed by atoms with Crippen LogP contribution in [0.2, 0.25) is 0 Å². The zero-order valence-electron chi connectivity index (χ0n) is 11.3. The van der Waals surface area contributed by atoms with Gasteiger partial charge in [0.2, 0.25) is 0 Å². The first-order chi connectivity index (χ1) is 8.77. The third-order valence-electron chi connectivity index (χ3n) is 2.61. The highest BCUT2D eigenvalue weighted by atomic mass is 16.3. The average molecular weight is 243 g/mol. The lowest BCUT2D eigenvalue weighted by atomic mass is 10.0. The lowest BCUT2D eigenvalue weighted by Crippen LogP contribution is -2.01. The summed E-state index contributed by atoms with van der Waals surface area (Å²) in [5, 5.41) is 10.1. The van der Waals surface area contributed by atoms with E-state index in [1.165, 1.54) is 0 Å². The fourth-order valence-electron chi connectivity index (χ4n) is 1.71. The second-order valence-electron chi connectivity index (χ2n) is 3.91. The van der Waals surface area contributed by atoms with Gasteiger partial charge in [0.15, 0.2) is 0 Å². The fourth-order valence-corrected chi connectivity index (χ4v) is 1.71. The minimum atomic E-state index is -0.538. The Bertz CT molecular complexity index is 443. The van der Waals surface area contributed by atoms with Gasteiger partial charge in [-0.15, -0.1) is 0 Å². The molecule has 1 aliphatic rings. The van der Waals surface area contributed by atoms with Crippen molar-refractivity contribution in [2.24, 2.45) is 4.99 Å². The summed E-state index contributed by atoms with van der Waals surface area (Å²) < 4.78 is 0. The maximum absolute atomic E-state index is 10.1. The number of rotatable bonds is 3. The molecule has 0 aliphatic carbocycles. The third-order valence-corrected chi connectivity index (χ3v) is 2.61. The number of hydrogen-bond acceptors (Lipinski definition) is 2. The maximum Gasteiger partial charge on any atom is 0.100 e. The van der Waals surface area contributed by atoms with Crippen LogP contribution in [0.1, 0.15) is 38.9 Å². The summed E-state index contributed by atoms with van der Waals surface area (Å²) >= 11 is 0. The first kappa shape index (κ1) is 14.4. The molecule has 2 heteroatoms. The Kier molecular flexibility index (Phi) is 6.09. The molecule has 1 aliphatic heterocycles. The Labute approximate surface area is 109 Å². The van der Waals surface area contributed by atoms with Gasteiger partial charge in [-0.05, 0) is 24.1 Å². The molecule has 2 nitrogen and oxygen atoms in total. The van der Waals surface area contributed by atoms with Crippen molar-refractivity contribution in [1.29, 1.82) is 0 Å². The van der Waals surface area contributed by atoms with Gasteiger partial charge in [0, 0.05) is 18.3 Å². The van der Waals surface area contributed by atoms with E-state index in [9.17, 15) is 5.11 Å². The number of aliphatic hydroxyl groups excluding tert-OH is 1. The Hall–Kier alpha value is -1.67. The predicted octanol–water partition coefficient (Wildman–Crippen LogP) is 4.05. The van der Waals surface area contributed by atoms with Crippen LogP contribution in [0.5, 0.6) is 0 Å². The molecule has 1 aromatic carbocycles. The molecule has 0 amide bonds. The molecule has 18 heavy (non-hydrogen) atoms. The normalized spacial score (nSPS) is 15.8. The van der Waals surface area contributed by atoms with Gasteiger partial charge < -0.3 is 5.11 Å². The molecule has 0 saturated carbocycles. The smallest absolute Gasteiger partial charge is 0.100 e. The topological polar surface area (TPSA) is 32.6 Å². The highest BCUT2D eigenvalue weighted by molar-refractivity contribution is 5.98. The van der Waals surface area contributed by atoms with Crippen LogP contribution in [0, 0.1) is 0 Å². The molecule has 2 rings (SSSR count). The van der Waals surface area contributed by atoms with E-state index in [0.717, 1.165) is 23.3 Å². The van der Waals surface area contributed by atoms with E-state index in [1.54, 1.807) is 6.20 Å². The Morgan fingerprint density at radius 1 is 1.28 bits per heavy atom. The number of aliphatic hydroxyl groups is 1. The van der Waals surface area contributed by atoms with Gasteiger partial charge in [-0.25, -0.2) is 0 Å². The predicted molar refractivity (Wildman–Crippen MR) is 77.7 cm³/mol. The molecule has 0 saturated heterocycles. The van der Waals surface area contributed by atoms with E-state index in [-0.39, 0.29) is 0 Å². The minimum Gasteiger partial charge on any atom is -0.384 e. The van der Waals surface area contributed by atoms with Crippen LogP contribution in [-0.2, 0) is 0 Å². The first-order valence-electron chi connectivity index (χ1n) is 6.40. The molecule has 1 N–H and O–H groups in total. The van der Waals surface area contributed by atoms with Crippen LogP contribution >= 0.6 is 0 Å². The van der Waals surface area contributed by atoms with Gasteiger partial charge in [-0.1, -0.05) is 50.3 Å². The van der Waals surface area contributed by atoms with Crippen molar-refractivity contribution in [3.8, 4) is 0 Å². The second kappa shape index (κ2) is 7.62. The zero-order chi connectivity index (χ0) is 13.4. The van der Waals surface area contributed by atoms with Gasteiger partial charge in [0.25, 0.3) is 0 Å². The van der Waals surface area contributed by atoms with Crippen molar-refractivity contribution in [3.63, 3.8) is 0 Å². The summed E-state index contributed by atoms with van der Waals surface area (Å²) in [5.74, 6) is 0. The van der Waals surface area contributed by atoms with Crippen molar-refractivity contribution < 1.29 is 5.11 Å². The fraction of sp³-hybridized carbons (Fsp3) is 0.312. The molecule has 0 radical (unpaired) electrons. The number of nitrogens with zero attached hydrogens (tertiary/aromatic N) is 1. The lowest BCUT2D eigenvalue weighted by Gasteiger charge is -2.11. The molecular formula is C16H21NO. The van der Waals surface area contributed by atoms with Crippen LogP contribution < -0.4 is 0 Å². The molecule has 0 fully saturated rings. The summed E-state index contributed by atoms with van der Waals surface area (Å²) in [7, 11) is 0. The highest BCUT2D eigenvalue weighted by Crippen LogP contribution is 2.21. The van der Waals surface area contributed by atoms with Gasteiger partial charge >= 0.3 is 0 Å². The van der Waals surface area contributed by atoms with Crippen LogP contribution in [0.4, 0.5) is 0 Å². The van der Waals surface area contributed by atoms with Gasteiger partial charge in [0.05, 0.1) is 0 Å². The molecule has 1 aromatic rings. The SMILES string of the molecule is C/C(=C\C1=NC=CC1)C(O)c1ccccc1.CC. The number of benzene rings is 1. The quantitative estimate of drug-likeness (QED) is 0.853. The molecule has 96 valence electrons. The van der Waals surface area contributed by atoms with E-state index in [1.807, 2.05) is 63.3 Å². The highest BCUT2D eigenvalue weighted by Gasteiger charge is 2.09. The Morgan fingerprint density at radius 3 is 2.50 bits per heavy atom. The van der Waals surface area contributed by atoms with Crippen LogP contribution in [0.25, 0.3) is 0 Å². The molecule has 1 atom stereocenters. The van der Waals surface area contributed by atoms with Gasteiger partial charge in [-0.2, -0.15) is 0 Å². The molecular weight excluding hydrogens is 222 g/mol.